The molecule has 144 valence electrons. The first-order valence-electron chi connectivity index (χ1n) is 9.83. The number of fused-ring (bicyclic) bond motifs is 3. The van der Waals surface area contributed by atoms with Gasteiger partial charge in [0, 0.05) is 17.1 Å². The van der Waals surface area contributed by atoms with Crippen LogP contribution in [0.4, 0.5) is 0 Å². The van der Waals surface area contributed by atoms with Gasteiger partial charge in [0.05, 0.1) is 11.1 Å². The Labute approximate surface area is 173 Å². The number of benzene rings is 2. The first-order chi connectivity index (χ1) is 13.6. The lowest BCUT2D eigenvalue weighted by molar-refractivity contribution is 0.0567. The van der Waals surface area contributed by atoms with Crippen LogP contribution in [0.15, 0.2) is 40.6 Å². The second-order valence-corrected chi connectivity index (χ2v) is 8.74. The SMILES string of the molecule is Cc1cc2c(c3c1C(=O)/C(=C/c1cccc(Br)c1)O3)CN(C1CCCC1)CO2. The largest absolute Gasteiger partial charge is 0.478 e. The Hall–Kier alpha value is -2.11. The van der Waals surface area contributed by atoms with Gasteiger partial charge in [0.2, 0.25) is 5.78 Å². The molecule has 1 fully saturated rings. The highest BCUT2D eigenvalue weighted by atomic mass is 79.9. The number of halogens is 1. The minimum Gasteiger partial charge on any atom is -0.478 e. The summed E-state index contributed by atoms with van der Waals surface area (Å²) in [5, 5.41) is 0. The van der Waals surface area contributed by atoms with Crippen molar-refractivity contribution in [2.45, 2.75) is 45.2 Å². The Bertz CT molecular complexity index is 992. The third kappa shape index (κ3) is 3.07. The van der Waals surface area contributed by atoms with Gasteiger partial charge in [0.15, 0.2) is 5.76 Å². The molecule has 1 aliphatic carbocycles. The number of aryl methyl sites for hydroxylation is 1. The van der Waals surface area contributed by atoms with Gasteiger partial charge >= 0.3 is 0 Å². The smallest absolute Gasteiger partial charge is 0.232 e. The van der Waals surface area contributed by atoms with Crippen LogP contribution in [0.5, 0.6) is 11.5 Å². The number of hydrogen-bond donors (Lipinski definition) is 0. The number of carbonyl (C=O) groups excluding carboxylic acids is 1. The Morgan fingerprint density at radius 3 is 2.82 bits per heavy atom. The fourth-order valence-electron chi connectivity index (χ4n) is 4.50. The van der Waals surface area contributed by atoms with Crippen molar-refractivity contribution in [1.29, 1.82) is 0 Å². The molecule has 2 aromatic rings. The monoisotopic (exact) mass is 439 g/mol. The van der Waals surface area contributed by atoms with Gasteiger partial charge in [-0.2, -0.15) is 0 Å². The molecular weight excluding hydrogens is 418 g/mol. The highest BCUT2D eigenvalue weighted by Crippen LogP contribution is 2.45. The fourth-order valence-corrected chi connectivity index (χ4v) is 4.92. The van der Waals surface area contributed by atoms with E-state index < -0.39 is 0 Å². The quantitative estimate of drug-likeness (QED) is 0.581. The number of rotatable bonds is 2. The summed E-state index contributed by atoms with van der Waals surface area (Å²) in [6, 6.07) is 10.4. The molecule has 28 heavy (non-hydrogen) atoms. The molecular formula is C23H22BrNO3. The molecule has 5 rings (SSSR count). The second kappa shape index (κ2) is 7.05. The molecule has 0 spiro atoms. The van der Waals surface area contributed by atoms with Gasteiger partial charge in [-0.25, -0.2) is 0 Å². The number of carbonyl (C=O) groups is 1. The van der Waals surface area contributed by atoms with E-state index in [1.165, 1.54) is 25.7 Å². The third-order valence-corrected chi connectivity index (χ3v) is 6.43. The number of ether oxygens (including phenoxy) is 2. The van der Waals surface area contributed by atoms with Gasteiger partial charge in [-0.3, -0.25) is 9.69 Å². The van der Waals surface area contributed by atoms with E-state index >= 15 is 0 Å². The van der Waals surface area contributed by atoms with Gasteiger partial charge in [-0.1, -0.05) is 40.9 Å². The predicted octanol–water partition coefficient (Wildman–Crippen LogP) is 5.47. The average Bonchev–Trinajstić information content (AvgIpc) is 3.31. The van der Waals surface area contributed by atoms with Gasteiger partial charge in [0.1, 0.15) is 18.2 Å². The standard InChI is InChI=1S/C23H22BrNO3/c1-14-9-19-18(12-25(13-27-19)17-7-2-3-8-17)23-21(14)22(26)20(28-23)11-15-5-4-6-16(24)10-15/h4-6,9-11,17H,2-3,7-8,12-13H2,1H3/b20-11-. The molecule has 3 aliphatic rings. The maximum atomic E-state index is 13.1. The molecule has 0 amide bonds. The molecule has 0 bridgehead atoms. The van der Waals surface area contributed by atoms with Crippen molar-refractivity contribution in [1.82, 2.24) is 4.90 Å². The molecule has 0 N–H and O–H groups in total. The van der Waals surface area contributed by atoms with E-state index in [-0.39, 0.29) is 5.78 Å². The van der Waals surface area contributed by atoms with Crippen LogP contribution in [-0.2, 0) is 6.54 Å². The fraction of sp³-hybridized carbons (Fsp3) is 0.348. The molecule has 2 heterocycles. The maximum absolute atomic E-state index is 13.1. The highest BCUT2D eigenvalue weighted by molar-refractivity contribution is 9.10. The molecule has 0 radical (unpaired) electrons. The normalized spacial score (nSPS) is 20.8. The molecule has 0 aromatic heterocycles. The lowest BCUT2D eigenvalue weighted by Gasteiger charge is -2.34. The summed E-state index contributed by atoms with van der Waals surface area (Å²) in [5.74, 6) is 1.86. The summed E-state index contributed by atoms with van der Waals surface area (Å²) in [4.78, 5) is 15.5. The number of allylic oxidation sites excluding steroid dienone is 1. The zero-order chi connectivity index (χ0) is 19.3. The van der Waals surface area contributed by atoms with E-state index in [0.29, 0.717) is 29.8 Å². The van der Waals surface area contributed by atoms with Crippen molar-refractivity contribution in [2.24, 2.45) is 0 Å². The summed E-state index contributed by atoms with van der Waals surface area (Å²) in [6.45, 7) is 3.35. The summed E-state index contributed by atoms with van der Waals surface area (Å²) in [5.41, 5.74) is 3.52. The Balaban J connectivity index is 1.52. The predicted molar refractivity (Wildman–Crippen MR) is 112 cm³/mol. The van der Waals surface area contributed by atoms with Crippen molar-refractivity contribution < 1.29 is 14.3 Å². The molecule has 1 saturated carbocycles. The molecule has 5 heteroatoms. The Morgan fingerprint density at radius 1 is 1.21 bits per heavy atom. The van der Waals surface area contributed by atoms with Crippen LogP contribution in [0.2, 0.25) is 0 Å². The van der Waals surface area contributed by atoms with Crippen LogP contribution < -0.4 is 9.47 Å². The first kappa shape index (κ1) is 18.0. The van der Waals surface area contributed by atoms with Crippen LogP contribution in [0, 0.1) is 6.92 Å². The van der Waals surface area contributed by atoms with E-state index in [2.05, 4.69) is 20.8 Å². The van der Waals surface area contributed by atoms with Gasteiger partial charge < -0.3 is 9.47 Å². The van der Waals surface area contributed by atoms with E-state index in [9.17, 15) is 4.79 Å². The summed E-state index contributed by atoms with van der Waals surface area (Å²) in [6.07, 6.45) is 6.83. The molecule has 4 nitrogen and oxygen atoms in total. The molecule has 2 aliphatic heterocycles. The molecule has 2 aromatic carbocycles. The van der Waals surface area contributed by atoms with Crippen LogP contribution in [0.1, 0.15) is 52.7 Å². The number of nitrogens with zero attached hydrogens (tertiary/aromatic N) is 1. The van der Waals surface area contributed by atoms with E-state index in [0.717, 1.165) is 33.5 Å². The topological polar surface area (TPSA) is 38.8 Å². The lowest BCUT2D eigenvalue weighted by atomic mass is 9.98. The number of Topliss-reactive ketones (excluding diaryl/α,β-unsaturated/α-hetero) is 1. The molecule has 0 atom stereocenters. The lowest BCUT2D eigenvalue weighted by Crippen LogP contribution is -2.39. The maximum Gasteiger partial charge on any atom is 0.232 e. The van der Waals surface area contributed by atoms with Crippen LogP contribution >= 0.6 is 15.9 Å². The average molecular weight is 440 g/mol. The van der Waals surface area contributed by atoms with Crippen molar-refractivity contribution in [3.05, 3.63) is 62.8 Å². The summed E-state index contributed by atoms with van der Waals surface area (Å²) < 4.78 is 13.2. The van der Waals surface area contributed by atoms with Gasteiger partial charge in [-0.15, -0.1) is 0 Å². The van der Waals surface area contributed by atoms with Crippen LogP contribution in [0.25, 0.3) is 6.08 Å². The second-order valence-electron chi connectivity index (χ2n) is 7.83. The summed E-state index contributed by atoms with van der Waals surface area (Å²) >= 11 is 3.48. The van der Waals surface area contributed by atoms with Crippen molar-refractivity contribution in [3.8, 4) is 11.5 Å². The van der Waals surface area contributed by atoms with Crippen molar-refractivity contribution in [2.75, 3.05) is 6.73 Å². The zero-order valence-electron chi connectivity index (χ0n) is 15.8. The first-order valence-corrected chi connectivity index (χ1v) is 10.6. The Morgan fingerprint density at radius 2 is 2.04 bits per heavy atom. The minimum atomic E-state index is -0.0479. The molecule has 0 unspecified atom stereocenters. The highest BCUT2D eigenvalue weighted by Gasteiger charge is 2.36. The van der Waals surface area contributed by atoms with Crippen LogP contribution in [0.3, 0.4) is 0 Å². The zero-order valence-corrected chi connectivity index (χ0v) is 17.4. The Kier molecular flexibility index (Phi) is 4.52. The van der Waals surface area contributed by atoms with Crippen molar-refractivity contribution >= 4 is 27.8 Å². The van der Waals surface area contributed by atoms with Gasteiger partial charge in [0.25, 0.3) is 0 Å². The minimum absolute atomic E-state index is 0.0479. The van der Waals surface area contributed by atoms with E-state index in [4.69, 9.17) is 9.47 Å². The van der Waals surface area contributed by atoms with E-state index in [1.807, 2.05) is 43.3 Å². The summed E-state index contributed by atoms with van der Waals surface area (Å²) in [7, 11) is 0. The molecule has 0 saturated heterocycles. The van der Waals surface area contributed by atoms with Gasteiger partial charge in [-0.05, 0) is 55.2 Å². The van der Waals surface area contributed by atoms with Crippen LogP contribution in [-0.4, -0.2) is 23.5 Å². The van der Waals surface area contributed by atoms with Crippen molar-refractivity contribution in [3.63, 3.8) is 0 Å². The number of ketones is 1. The van der Waals surface area contributed by atoms with E-state index in [1.54, 1.807) is 0 Å². The number of hydrogen-bond acceptors (Lipinski definition) is 4. The third-order valence-electron chi connectivity index (χ3n) is 5.94.